The summed E-state index contributed by atoms with van der Waals surface area (Å²) in [5.74, 6) is 0.370. The molecule has 0 unspecified atom stereocenters. The molecule has 0 bridgehead atoms. The highest BCUT2D eigenvalue weighted by Gasteiger charge is 2.21. The summed E-state index contributed by atoms with van der Waals surface area (Å²) < 4.78 is 1.99. The Balaban J connectivity index is 2.07. The van der Waals surface area contributed by atoms with Gasteiger partial charge in [-0.3, -0.25) is 4.98 Å². The highest BCUT2D eigenvalue weighted by Crippen LogP contribution is 2.38. The molecule has 1 aromatic carbocycles. The van der Waals surface area contributed by atoms with E-state index in [4.69, 9.17) is 5.73 Å². The maximum absolute atomic E-state index is 9.87. The minimum atomic E-state index is 0.0363. The fraction of sp³-hybridized carbons (Fsp3) is 0.167. The number of aliphatic hydroxyl groups is 1. The van der Waals surface area contributed by atoms with Crippen LogP contribution in [0.25, 0.3) is 33.8 Å². The first-order valence-electron chi connectivity index (χ1n) is 9.97. The second-order valence-corrected chi connectivity index (χ2v) is 7.20. The second kappa shape index (κ2) is 8.78. The van der Waals surface area contributed by atoms with Crippen molar-refractivity contribution in [1.82, 2.24) is 19.5 Å². The summed E-state index contributed by atoms with van der Waals surface area (Å²) >= 11 is 0. The summed E-state index contributed by atoms with van der Waals surface area (Å²) in [6.45, 7) is 2.58. The SMILES string of the molecule is Cc1ccc(-c2c(C=C(C#N)c3ccccn3)n(CCCO)c3ncnc(N)c23)cc1. The van der Waals surface area contributed by atoms with E-state index >= 15 is 0 Å². The monoisotopic (exact) mass is 410 g/mol. The minimum absolute atomic E-state index is 0.0363. The maximum atomic E-state index is 9.87. The van der Waals surface area contributed by atoms with E-state index in [0.717, 1.165) is 27.8 Å². The van der Waals surface area contributed by atoms with Crippen LogP contribution in [-0.4, -0.2) is 31.2 Å². The number of nitriles is 1. The fourth-order valence-corrected chi connectivity index (χ4v) is 3.65. The number of nitrogens with two attached hydrogens (primary N) is 1. The topological polar surface area (TPSA) is 114 Å². The number of aryl methyl sites for hydroxylation is 2. The van der Waals surface area contributed by atoms with Gasteiger partial charge in [-0.2, -0.15) is 5.26 Å². The highest BCUT2D eigenvalue weighted by atomic mass is 16.3. The van der Waals surface area contributed by atoms with Crippen LogP contribution in [0.3, 0.4) is 0 Å². The van der Waals surface area contributed by atoms with Crippen LogP contribution < -0.4 is 5.73 Å². The van der Waals surface area contributed by atoms with Crippen molar-refractivity contribution in [3.05, 3.63) is 71.9 Å². The fourth-order valence-electron chi connectivity index (χ4n) is 3.65. The van der Waals surface area contributed by atoms with Crippen molar-refractivity contribution in [2.45, 2.75) is 19.9 Å². The minimum Gasteiger partial charge on any atom is -0.396 e. The molecule has 0 spiro atoms. The molecule has 0 radical (unpaired) electrons. The van der Waals surface area contributed by atoms with Gasteiger partial charge in [-0.1, -0.05) is 35.9 Å². The molecule has 0 atom stereocenters. The Bertz CT molecular complexity index is 1280. The molecule has 0 fully saturated rings. The van der Waals surface area contributed by atoms with Crippen molar-refractivity contribution in [3.8, 4) is 17.2 Å². The van der Waals surface area contributed by atoms with Gasteiger partial charge in [0.05, 0.1) is 22.3 Å². The van der Waals surface area contributed by atoms with E-state index < -0.39 is 0 Å². The van der Waals surface area contributed by atoms with Crippen molar-refractivity contribution in [3.63, 3.8) is 0 Å². The van der Waals surface area contributed by atoms with Crippen LogP contribution in [0, 0.1) is 18.3 Å². The predicted molar refractivity (Wildman–Crippen MR) is 122 cm³/mol. The Morgan fingerprint density at radius 2 is 1.97 bits per heavy atom. The van der Waals surface area contributed by atoms with E-state index in [1.807, 2.05) is 54.0 Å². The predicted octanol–water partition coefficient (Wildman–Crippen LogP) is 3.83. The Kier molecular flexibility index (Phi) is 5.74. The first-order valence-corrected chi connectivity index (χ1v) is 9.97. The average Bonchev–Trinajstić information content (AvgIpc) is 3.11. The van der Waals surface area contributed by atoms with E-state index in [0.29, 0.717) is 35.7 Å². The first-order chi connectivity index (χ1) is 15.1. The van der Waals surface area contributed by atoms with E-state index in [-0.39, 0.29) is 6.61 Å². The molecule has 0 aliphatic heterocycles. The van der Waals surface area contributed by atoms with Crippen molar-refractivity contribution in [2.75, 3.05) is 12.3 Å². The summed E-state index contributed by atoms with van der Waals surface area (Å²) in [6.07, 6.45) is 5.44. The summed E-state index contributed by atoms with van der Waals surface area (Å²) in [5.41, 5.74) is 11.7. The maximum Gasteiger partial charge on any atom is 0.146 e. The number of anilines is 1. The molecule has 31 heavy (non-hydrogen) atoms. The van der Waals surface area contributed by atoms with Gasteiger partial charge in [0, 0.05) is 24.9 Å². The molecule has 3 heterocycles. The molecule has 7 nitrogen and oxygen atoms in total. The lowest BCUT2D eigenvalue weighted by Crippen LogP contribution is -2.04. The molecular weight excluding hydrogens is 388 g/mol. The number of hydrogen-bond acceptors (Lipinski definition) is 6. The number of allylic oxidation sites excluding steroid dienone is 1. The third kappa shape index (κ3) is 3.89. The van der Waals surface area contributed by atoms with Crippen LogP contribution in [-0.2, 0) is 6.54 Å². The zero-order valence-electron chi connectivity index (χ0n) is 17.2. The molecule has 3 aromatic heterocycles. The molecule has 7 heteroatoms. The molecule has 0 aliphatic carbocycles. The molecule has 0 saturated heterocycles. The van der Waals surface area contributed by atoms with Crippen LogP contribution >= 0.6 is 0 Å². The number of nitrogen functional groups attached to an aromatic ring is 1. The molecule has 4 aromatic rings. The second-order valence-electron chi connectivity index (χ2n) is 7.20. The third-order valence-electron chi connectivity index (χ3n) is 5.13. The van der Waals surface area contributed by atoms with Gasteiger partial charge in [-0.15, -0.1) is 0 Å². The Morgan fingerprint density at radius 3 is 2.65 bits per heavy atom. The number of rotatable bonds is 6. The zero-order chi connectivity index (χ0) is 21.8. The number of aliphatic hydroxyl groups excluding tert-OH is 1. The van der Waals surface area contributed by atoms with Gasteiger partial charge < -0.3 is 15.4 Å². The number of benzene rings is 1. The zero-order valence-corrected chi connectivity index (χ0v) is 17.2. The number of nitrogens with zero attached hydrogens (tertiary/aromatic N) is 5. The molecule has 4 rings (SSSR count). The Hall–Kier alpha value is -4.02. The van der Waals surface area contributed by atoms with Crippen molar-refractivity contribution in [1.29, 1.82) is 5.26 Å². The lowest BCUT2D eigenvalue weighted by molar-refractivity contribution is 0.280. The Labute approximate surface area is 180 Å². The summed E-state index contributed by atoms with van der Waals surface area (Å²) in [4.78, 5) is 13.0. The van der Waals surface area contributed by atoms with Crippen molar-refractivity contribution in [2.24, 2.45) is 0 Å². The number of fused-ring (bicyclic) bond motifs is 1. The van der Waals surface area contributed by atoms with Gasteiger partial charge in [-0.05, 0) is 37.1 Å². The van der Waals surface area contributed by atoms with Crippen LogP contribution in [0.15, 0.2) is 55.0 Å². The van der Waals surface area contributed by atoms with Crippen LogP contribution in [0.4, 0.5) is 5.82 Å². The molecular formula is C24H22N6O. The average molecular weight is 410 g/mol. The molecule has 0 saturated carbocycles. The molecule has 0 amide bonds. The standard InChI is InChI=1S/C24H22N6O/c1-16-6-8-17(9-7-16)21-20(13-18(14-25)19-5-2-3-10-27-19)30(11-4-12-31)24-22(21)23(26)28-15-29-24/h2-3,5-10,13,15,31H,4,11-12H2,1H3,(H2,26,28,29). The van der Waals surface area contributed by atoms with E-state index in [2.05, 4.69) is 21.0 Å². The lowest BCUT2D eigenvalue weighted by Gasteiger charge is -2.09. The first kappa shape index (κ1) is 20.3. The van der Waals surface area contributed by atoms with Gasteiger partial charge in [-0.25, -0.2) is 9.97 Å². The lowest BCUT2D eigenvalue weighted by atomic mass is 10.00. The molecule has 0 aliphatic rings. The van der Waals surface area contributed by atoms with Crippen LogP contribution in [0.2, 0.25) is 0 Å². The smallest absolute Gasteiger partial charge is 0.146 e. The van der Waals surface area contributed by atoms with Crippen molar-refractivity contribution < 1.29 is 5.11 Å². The van der Waals surface area contributed by atoms with Crippen LogP contribution in [0.5, 0.6) is 0 Å². The Morgan fingerprint density at radius 1 is 1.16 bits per heavy atom. The van der Waals surface area contributed by atoms with Gasteiger partial charge in [0.25, 0.3) is 0 Å². The van der Waals surface area contributed by atoms with Gasteiger partial charge in [0.15, 0.2) is 0 Å². The van der Waals surface area contributed by atoms with Gasteiger partial charge >= 0.3 is 0 Å². The number of aromatic nitrogens is 4. The van der Waals surface area contributed by atoms with Crippen molar-refractivity contribution >= 4 is 28.5 Å². The number of hydrogen-bond donors (Lipinski definition) is 2. The summed E-state index contributed by atoms with van der Waals surface area (Å²) in [7, 11) is 0. The largest absolute Gasteiger partial charge is 0.396 e. The highest BCUT2D eigenvalue weighted by molar-refractivity contribution is 6.06. The van der Waals surface area contributed by atoms with E-state index in [1.165, 1.54) is 6.33 Å². The van der Waals surface area contributed by atoms with Gasteiger partial charge in [0.2, 0.25) is 0 Å². The summed E-state index contributed by atoms with van der Waals surface area (Å²) in [6, 6.07) is 15.8. The third-order valence-corrected chi connectivity index (χ3v) is 5.13. The number of pyridine rings is 1. The van der Waals surface area contributed by atoms with Crippen LogP contribution in [0.1, 0.15) is 23.4 Å². The molecule has 154 valence electrons. The molecule has 3 N–H and O–H groups in total. The van der Waals surface area contributed by atoms with E-state index in [1.54, 1.807) is 12.3 Å². The normalized spacial score (nSPS) is 11.6. The summed E-state index contributed by atoms with van der Waals surface area (Å²) in [5, 5.41) is 20.1. The quantitative estimate of drug-likeness (QED) is 0.467. The van der Waals surface area contributed by atoms with E-state index in [9.17, 15) is 10.4 Å². The van der Waals surface area contributed by atoms with Gasteiger partial charge in [0.1, 0.15) is 23.9 Å².